The highest BCUT2D eigenvalue weighted by Gasteiger charge is 2.20. The Bertz CT molecular complexity index is 1420. The quantitative estimate of drug-likeness (QED) is 0.384. The number of amides is 1. The first-order valence-corrected chi connectivity index (χ1v) is 11.1. The van der Waals surface area contributed by atoms with Crippen molar-refractivity contribution in [2.45, 2.75) is 40.3 Å². The predicted molar refractivity (Wildman–Crippen MR) is 130 cm³/mol. The summed E-state index contributed by atoms with van der Waals surface area (Å²) in [5, 5.41) is 3.99. The first-order chi connectivity index (χ1) is 15.7. The van der Waals surface area contributed by atoms with Gasteiger partial charge in [-0.2, -0.15) is 0 Å². The summed E-state index contributed by atoms with van der Waals surface area (Å²) in [6, 6.07) is 11.8. The van der Waals surface area contributed by atoms with Gasteiger partial charge in [0.25, 0.3) is 11.5 Å². The largest absolute Gasteiger partial charge is 0.348 e. The summed E-state index contributed by atoms with van der Waals surface area (Å²) >= 11 is 6.57. The minimum atomic E-state index is -0.341. The van der Waals surface area contributed by atoms with E-state index in [4.69, 9.17) is 11.6 Å². The number of hydrogen-bond donors (Lipinski definition) is 2. The van der Waals surface area contributed by atoms with Crippen molar-refractivity contribution in [1.82, 2.24) is 14.9 Å². The van der Waals surface area contributed by atoms with E-state index in [2.05, 4.69) is 10.3 Å². The number of aromatic nitrogens is 2. The van der Waals surface area contributed by atoms with Crippen LogP contribution in [0.25, 0.3) is 22.0 Å². The SMILES string of the molecule is Cc1cc(C)c(CNC(=O)c2cc(-c3ccc(F)cc3)cc3c2c(Cl)cn3C(C)C)c(=O)[nH]1. The standard InChI is InChI=1S/C26H25ClFN3O2/c1-14(2)31-13-22(27)24-20(10-18(11-23(24)31)17-5-7-19(28)8-6-17)25(32)29-12-21-15(3)9-16(4)30-26(21)33/h5-11,13-14H,12H2,1-4H3,(H,29,32)(H,30,33). The Kier molecular flexibility index (Phi) is 6.13. The number of pyridine rings is 1. The van der Waals surface area contributed by atoms with Crippen molar-refractivity contribution >= 4 is 28.4 Å². The third-order valence-electron chi connectivity index (χ3n) is 5.79. The lowest BCUT2D eigenvalue weighted by molar-refractivity contribution is 0.0952. The van der Waals surface area contributed by atoms with Gasteiger partial charge >= 0.3 is 0 Å². The van der Waals surface area contributed by atoms with Crippen LogP contribution >= 0.6 is 11.6 Å². The molecule has 0 saturated carbocycles. The van der Waals surface area contributed by atoms with Crippen molar-refractivity contribution in [2.75, 3.05) is 0 Å². The van der Waals surface area contributed by atoms with Gasteiger partial charge in [-0.15, -0.1) is 0 Å². The number of benzene rings is 2. The van der Waals surface area contributed by atoms with Crippen molar-refractivity contribution in [1.29, 1.82) is 0 Å². The van der Waals surface area contributed by atoms with Crippen LogP contribution in [0.2, 0.25) is 5.02 Å². The highest BCUT2D eigenvalue weighted by atomic mass is 35.5. The smallest absolute Gasteiger partial charge is 0.253 e. The predicted octanol–water partition coefficient (Wildman–Crippen LogP) is 5.92. The maximum Gasteiger partial charge on any atom is 0.253 e. The summed E-state index contributed by atoms with van der Waals surface area (Å²) in [5.74, 6) is -0.670. The second-order valence-corrected chi connectivity index (χ2v) is 8.94. The molecule has 2 heterocycles. The van der Waals surface area contributed by atoms with Crippen LogP contribution in [0, 0.1) is 19.7 Å². The van der Waals surface area contributed by atoms with Crippen LogP contribution in [0.4, 0.5) is 4.39 Å². The monoisotopic (exact) mass is 465 g/mol. The molecule has 0 aliphatic heterocycles. The first kappa shape index (κ1) is 22.8. The van der Waals surface area contributed by atoms with Gasteiger partial charge < -0.3 is 14.9 Å². The number of H-pyrrole nitrogens is 1. The molecule has 0 spiro atoms. The number of halogens is 2. The number of aryl methyl sites for hydroxylation is 2. The van der Waals surface area contributed by atoms with Gasteiger partial charge in [0.15, 0.2) is 0 Å². The van der Waals surface area contributed by atoms with Crippen LogP contribution in [0.15, 0.2) is 53.5 Å². The number of aromatic amines is 1. The third kappa shape index (κ3) is 4.44. The Hall–Kier alpha value is -3.38. The molecule has 0 radical (unpaired) electrons. The van der Waals surface area contributed by atoms with Gasteiger partial charge in [-0.25, -0.2) is 4.39 Å². The molecule has 5 nitrogen and oxygen atoms in total. The molecule has 7 heteroatoms. The molecule has 0 aliphatic carbocycles. The summed E-state index contributed by atoms with van der Waals surface area (Å²) in [6.07, 6.45) is 1.82. The molecule has 1 amide bonds. The zero-order valence-electron chi connectivity index (χ0n) is 18.9. The number of nitrogens with one attached hydrogen (secondary N) is 2. The molecule has 2 aromatic carbocycles. The van der Waals surface area contributed by atoms with Crippen LogP contribution in [0.3, 0.4) is 0 Å². The molecule has 0 unspecified atom stereocenters. The van der Waals surface area contributed by atoms with Gasteiger partial charge in [0.1, 0.15) is 5.82 Å². The molecule has 0 bridgehead atoms. The van der Waals surface area contributed by atoms with E-state index in [9.17, 15) is 14.0 Å². The van der Waals surface area contributed by atoms with Crippen molar-refractivity contribution in [2.24, 2.45) is 0 Å². The molecule has 0 saturated heterocycles. The average Bonchev–Trinajstić information content (AvgIpc) is 3.09. The number of nitrogens with zero attached hydrogens (tertiary/aromatic N) is 1. The van der Waals surface area contributed by atoms with Crippen molar-refractivity contribution in [3.8, 4) is 11.1 Å². The molecule has 4 aromatic rings. The van der Waals surface area contributed by atoms with E-state index in [1.54, 1.807) is 18.2 Å². The normalized spacial score (nSPS) is 11.4. The summed E-state index contributed by atoms with van der Waals surface area (Å²) in [7, 11) is 0. The second-order valence-electron chi connectivity index (χ2n) is 8.53. The number of hydrogen-bond acceptors (Lipinski definition) is 2. The Balaban J connectivity index is 1.80. The van der Waals surface area contributed by atoms with E-state index in [1.807, 2.05) is 50.6 Å². The number of carbonyl (C=O) groups is 1. The molecule has 0 atom stereocenters. The average molecular weight is 466 g/mol. The third-order valence-corrected chi connectivity index (χ3v) is 6.07. The fraction of sp³-hybridized carbons (Fsp3) is 0.231. The first-order valence-electron chi connectivity index (χ1n) is 10.7. The van der Waals surface area contributed by atoms with Crippen LogP contribution in [-0.2, 0) is 6.54 Å². The van der Waals surface area contributed by atoms with Gasteiger partial charge in [-0.3, -0.25) is 9.59 Å². The lowest BCUT2D eigenvalue weighted by Gasteiger charge is -2.14. The summed E-state index contributed by atoms with van der Waals surface area (Å²) in [6.45, 7) is 7.82. The van der Waals surface area contributed by atoms with Gasteiger partial charge in [-0.05, 0) is 74.7 Å². The molecule has 33 heavy (non-hydrogen) atoms. The molecular weight excluding hydrogens is 441 g/mol. The fourth-order valence-electron chi connectivity index (χ4n) is 4.12. The Morgan fingerprint density at radius 3 is 2.45 bits per heavy atom. The molecule has 0 fully saturated rings. The van der Waals surface area contributed by atoms with E-state index in [0.29, 0.717) is 21.5 Å². The van der Waals surface area contributed by atoms with Gasteiger partial charge in [-0.1, -0.05) is 23.7 Å². The van der Waals surface area contributed by atoms with Gasteiger partial charge in [0.05, 0.1) is 16.1 Å². The van der Waals surface area contributed by atoms with E-state index < -0.39 is 0 Å². The molecule has 2 aromatic heterocycles. The van der Waals surface area contributed by atoms with E-state index in [-0.39, 0.29) is 29.9 Å². The lowest BCUT2D eigenvalue weighted by atomic mass is 9.99. The van der Waals surface area contributed by atoms with Crippen LogP contribution in [0.5, 0.6) is 0 Å². The van der Waals surface area contributed by atoms with Crippen LogP contribution in [-0.4, -0.2) is 15.5 Å². The van der Waals surface area contributed by atoms with Crippen molar-refractivity contribution < 1.29 is 9.18 Å². The number of fused-ring (bicyclic) bond motifs is 1. The molecule has 0 aliphatic rings. The fourth-order valence-corrected chi connectivity index (χ4v) is 4.42. The summed E-state index contributed by atoms with van der Waals surface area (Å²) < 4.78 is 15.5. The Labute approximate surface area is 196 Å². The summed E-state index contributed by atoms with van der Waals surface area (Å²) in [5.41, 5.74) is 4.63. The number of carbonyl (C=O) groups excluding carboxylic acids is 1. The number of rotatable bonds is 5. The maximum atomic E-state index is 13.5. The van der Waals surface area contributed by atoms with Crippen molar-refractivity contribution in [3.05, 3.63) is 92.2 Å². The minimum Gasteiger partial charge on any atom is -0.348 e. The molecule has 170 valence electrons. The van der Waals surface area contributed by atoms with E-state index in [1.165, 1.54) is 12.1 Å². The van der Waals surface area contributed by atoms with E-state index in [0.717, 1.165) is 27.9 Å². The second kappa shape index (κ2) is 8.87. The molecule has 4 rings (SSSR count). The molecular formula is C26H25ClFN3O2. The van der Waals surface area contributed by atoms with Crippen molar-refractivity contribution in [3.63, 3.8) is 0 Å². The zero-order chi connectivity index (χ0) is 23.9. The summed E-state index contributed by atoms with van der Waals surface area (Å²) in [4.78, 5) is 28.5. The highest BCUT2D eigenvalue weighted by Crippen LogP contribution is 2.35. The van der Waals surface area contributed by atoms with Crippen LogP contribution in [0.1, 0.15) is 47.1 Å². The Morgan fingerprint density at radius 1 is 1.12 bits per heavy atom. The highest BCUT2D eigenvalue weighted by molar-refractivity contribution is 6.37. The van der Waals surface area contributed by atoms with E-state index >= 15 is 0 Å². The van der Waals surface area contributed by atoms with Crippen LogP contribution < -0.4 is 10.9 Å². The van der Waals surface area contributed by atoms with Gasteiger partial charge in [0, 0.05) is 35.4 Å². The zero-order valence-corrected chi connectivity index (χ0v) is 19.7. The molecule has 2 N–H and O–H groups in total. The van der Waals surface area contributed by atoms with Gasteiger partial charge in [0.2, 0.25) is 0 Å². The lowest BCUT2D eigenvalue weighted by Crippen LogP contribution is -2.28. The minimum absolute atomic E-state index is 0.0884. The topological polar surface area (TPSA) is 66.9 Å². The maximum absolute atomic E-state index is 13.5. The Morgan fingerprint density at radius 2 is 1.82 bits per heavy atom.